The number of ketones is 2. The zero-order valence-corrected chi connectivity index (χ0v) is 39.5. The molecule has 10 heteroatoms. The maximum Gasteiger partial charge on any atom is 0.364 e. The molecule has 0 spiro atoms. The molecule has 0 amide bonds. The van der Waals surface area contributed by atoms with E-state index in [1.165, 1.54) is 56.6 Å². The highest BCUT2D eigenvalue weighted by atomic mass is 32.2. The van der Waals surface area contributed by atoms with Gasteiger partial charge >= 0.3 is 5.71 Å². The van der Waals surface area contributed by atoms with Gasteiger partial charge in [0.05, 0.1) is 15.9 Å². The molecule has 0 N–H and O–H groups in total. The zero-order chi connectivity index (χ0) is 47.5. The van der Waals surface area contributed by atoms with Crippen LogP contribution in [-0.2, 0) is 30.5 Å². The van der Waals surface area contributed by atoms with Crippen LogP contribution >= 0.6 is 0 Å². The number of Topliss-reactive ketones (excluding diaryl/α,β-unsaturated/α-hetero) is 2. The molecular weight excluding hydrogens is 861 g/mol. The van der Waals surface area contributed by atoms with Crippen LogP contribution in [-0.4, -0.2) is 51.4 Å². The summed E-state index contributed by atoms with van der Waals surface area (Å²) >= 11 is 0. The highest BCUT2D eigenvalue weighted by molar-refractivity contribution is 8.00. The van der Waals surface area contributed by atoms with Gasteiger partial charge in [-0.15, -0.1) is 0 Å². The van der Waals surface area contributed by atoms with Crippen LogP contribution in [0.4, 0.5) is 0 Å². The van der Waals surface area contributed by atoms with Crippen LogP contribution in [0, 0.1) is 20.8 Å². The first-order valence-corrected chi connectivity index (χ1v) is 24.7. The van der Waals surface area contributed by atoms with E-state index in [2.05, 4.69) is 150 Å². The number of fused-ring (bicyclic) bond motifs is 2. The summed E-state index contributed by atoms with van der Waals surface area (Å²) in [5.74, 6) is -0.710. The van der Waals surface area contributed by atoms with Crippen LogP contribution < -0.4 is 0 Å². The maximum atomic E-state index is 11.8. The van der Waals surface area contributed by atoms with Crippen molar-refractivity contribution in [3.8, 4) is 0 Å². The SMILES string of the molecule is C.C=C1C=Cc2c(cccc2S(C)(=O)=O)C1=O.CS(=O)(=O)C1=CC(=[N+]=[N-])C(=O)c2ccccc21.Cc1ccc(C(C)(C)c2ccc(C(C)(c3ccc(C)cc3)c3ccc(C)cc3)cc2)cc1. The second-order valence-corrected chi connectivity index (χ2v) is 21.2. The third-order valence-corrected chi connectivity index (χ3v) is 14.4. The number of allylic oxidation sites excluding steroid dienone is 3. The molecule has 2 aliphatic rings. The Labute approximate surface area is 390 Å². The molecule has 0 heterocycles. The second-order valence-electron chi connectivity index (χ2n) is 17.2. The van der Waals surface area contributed by atoms with Crippen LogP contribution in [0.5, 0.6) is 0 Å². The Morgan fingerprint density at radius 1 is 0.515 bits per heavy atom. The highest BCUT2D eigenvalue weighted by Gasteiger charge is 2.34. The highest BCUT2D eigenvalue weighted by Crippen LogP contribution is 2.41. The number of aryl methyl sites for hydroxylation is 3. The largest absolute Gasteiger partial charge is 0.364 e. The van der Waals surface area contributed by atoms with Crippen molar-refractivity contribution in [3.63, 3.8) is 0 Å². The van der Waals surface area contributed by atoms with Crippen molar-refractivity contribution in [1.29, 1.82) is 0 Å². The van der Waals surface area contributed by atoms with Crippen molar-refractivity contribution < 1.29 is 31.2 Å². The van der Waals surface area contributed by atoms with Crippen molar-refractivity contribution in [2.75, 3.05) is 12.5 Å². The molecule has 0 radical (unpaired) electrons. The van der Waals surface area contributed by atoms with Gasteiger partial charge in [0.2, 0.25) is 0 Å². The molecule has 6 aromatic rings. The summed E-state index contributed by atoms with van der Waals surface area (Å²) in [7, 11) is -6.81. The van der Waals surface area contributed by atoms with Crippen LogP contribution in [0.15, 0.2) is 169 Å². The van der Waals surface area contributed by atoms with Gasteiger partial charge in [-0.05, 0) is 61.6 Å². The van der Waals surface area contributed by atoms with E-state index in [0.29, 0.717) is 22.3 Å². The fraction of sp³-hybridized carbons (Fsp3) is 0.196. The van der Waals surface area contributed by atoms with Gasteiger partial charge in [-0.1, -0.05) is 190 Å². The monoisotopic (exact) mass is 916 g/mol. The smallest absolute Gasteiger partial charge is 0.361 e. The number of rotatable bonds is 7. The molecule has 0 aromatic heterocycles. The number of sulfone groups is 2. The van der Waals surface area contributed by atoms with E-state index in [-0.39, 0.29) is 45.1 Å². The first-order valence-electron chi connectivity index (χ1n) is 20.9. The third-order valence-electron chi connectivity index (χ3n) is 12.1. The van der Waals surface area contributed by atoms with Gasteiger partial charge in [0, 0.05) is 51.2 Å². The van der Waals surface area contributed by atoms with Gasteiger partial charge in [0.1, 0.15) is 0 Å². The Morgan fingerprint density at radius 3 is 1.36 bits per heavy atom. The summed E-state index contributed by atoms with van der Waals surface area (Å²) in [4.78, 5) is 26.5. The van der Waals surface area contributed by atoms with Gasteiger partial charge in [0.25, 0.3) is 5.78 Å². The van der Waals surface area contributed by atoms with Crippen molar-refractivity contribution in [1.82, 2.24) is 0 Å². The van der Waals surface area contributed by atoms with E-state index < -0.39 is 25.5 Å². The molecule has 0 bridgehead atoms. The molecule has 66 heavy (non-hydrogen) atoms. The number of hydrogen-bond donors (Lipinski definition) is 0. The average molecular weight is 917 g/mol. The molecule has 2 aliphatic carbocycles. The number of hydrogen-bond acceptors (Lipinski definition) is 6. The Morgan fingerprint density at radius 2 is 0.924 bits per heavy atom. The first kappa shape index (κ1) is 50.2. The molecule has 0 aliphatic heterocycles. The summed E-state index contributed by atoms with van der Waals surface area (Å²) in [6.45, 7) is 17.0. The first-order chi connectivity index (χ1) is 30.6. The molecule has 338 valence electrons. The lowest BCUT2D eigenvalue weighted by Gasteiger charge is -2.33. The Hall–Kier alpha value is -6.84. The molecule has 8 rings (SSSR count). The van der Waals surface area contributed by atoms with Gasteiger partial charge in [-0.3, -0.25) is 9.59 Å². The molecule has 0 atom stereocenters. The van der Waals surface area contributed by atoms with E-state index in [1.807, 2.05) is 0 Å². The molecule has 0 saturated carbocycles. The summed E-state index contributed by atoms with van der Waals surface area (Å²) < 4.78 is 46.3. The van der Waals surface area contributed by atoms with Gasteiger partial charge in [-0.2, -0.15) is 4.79 Å². The van der Waals surface area contributed by atoms with Crippen molar-refractivity contribution in [3.05, 3.63) is 236 Å². The van der Waals surface area contributed by atoms with Crippen molar-refractivity contribution >= 4 is 47.9 Å². The fourth-order valence-corrected chi connectivity index (χ4v) is 9.79. The van der Waals surface area contributed by atoms with E-state index >= 15 is 0 Å². The van der Waals surface area contributed by atoms with Crippen molar-refractivity contribution in [2.24, 2.45) is 0 Å². The minimum Gasteiger partial charge on any atom is -0.361 e. The topological polar surface area (TPSA) is 139 Å². The predicted molar refractivity (Wildman–Crippen MR) is 269 cm³/mol. The summed E-state index contributed by atoms with van der Waals surface area (Å²) in [6.07, 6.45) is 6.42. The predicted octanol–water partition coefficient (Wildman–Crippen LogP) is 11.7. The van der Waals surface area contributed by atoms with Crippen molar-refractivity contribution in [2.45, 2.75) is 64.7 Å². The van der Waals surface area contributed by atoms with Gasteiger partial charge in [-0.25, -0.2) is 16.8 Å². The van der Waals surface area contributed by atoms with E-state index in [0.717, 1.165) is 18.6 Å². The number of carbonyl (C=O) groups is 2. The van der Waals surface area contributed by atoms with Crippen LogP contribution in [0.2, 0.25) is 0 Å². The number of nitrogens with zero attached hydrogens (tertiary/aromatic N) is 2. The molecule has 0 fully saturated rings. The Kier molecular flexibility index (Phi) is 15.0. The number of carbonyl (C=O) groups excluding carboxylic acids is 2. The van der Waals surface area contributed by atoms with E-state index in [4.69, 9.17) is 5.53 Å². The molecule has 0 unspecified atom stereocenters. The number of benzene rings is 6. The van der Waals surface area contributed by atoms with Crippen LogP contribution in [0.1, 0.15) is 105 Å². The van der Waals surface area contributed by atoms with Gasteiger partial charge < -0.3 is 5.53 Å². The second kappa shape index (κ2) is 19.7. The third kappa shape index (κ3) is 10.5. The standard InChI is InChI=1S/C32H34.C12H10O3S.C11H8N2O3S.CH4/c1-23-7-13-26(14-8-23)31(4,5)27-19-21-30(22-20-27)32(6,28-15-9-24(2)10-16-28)29-17-11-25(3)12-18-29;1-8-6-7-9-10(12(8)13)4-3-5-11(9)16(2,14)15;1-17(15,16)10-6-9(13-12)11(14)8-5-3-2-4-7(8)10;/h7-22H,1-6H3;3-7H,1H2,2H3;2-6H,1H3;1H4. The molecule has 0 saturated heterocycles. The maximum absolute atomic E-state index is 11.8. The molecular formula is C56H56N2O6S2. The minimum absolute atomic E-state index is 0. The molecule has 8 nitrogen and oxygen atoms in total. The summed E-state index contributed by atoms with van der Waals surface area (Å²) in [6, 6.07) is 47.2. The van der Waals surface area contributed by atoms with E-state index in [1.54, 1.807) is 42.5 Å². The van der Waals surface area contributed by atoms with Crippen LogP contribution in [0.25, 0.3) is 16.5 Å². The molecule has 6 aromatic carbocycles. The minimum atomic E-state index is -3.49. The quantitative estimate of drug-likeness (QED) is 0.0676. The normalized spacial score (nSPS) is 13.4. The lowest BCUT2D eigenvalue weighted by atomic mass is 9.70. The lowest BCUT2D eigenvalue weighted by Crippen LogP contribution is -2.26. The van der Waals surface area contributed by atoms with Crippen LogP contribution in [0.3, 0.4) is 0 Å². The summed E-state index contributed by atoms with van der Waals surface area (Å²) in [5, 5.41) is 0. The average Bonchev–Trinajstić information content (AvgIpc) is 3.28. The van der Waals surface area contributed by atoms with Gasteiger partial charge in [0.15, 0.2) is 25.5 Å². The lowest BCUT2D eigenvalue weighted by molar-refractivity contribution is -0.00437. The Bertz CT molecular complexity index is 3130. The fourth-order valence-electron chi connectivity index (χ4n) is 7.98. The van der Waals surface area contributed by atoms with E-state index in [9.17, 15) is 26.4 Å². The summed E-state index contributed by atoms with van der Waals surface area (Å²) in [5.41, 5.74) is 20.5. The Balaban J connectivity index is 0.000000203. The zero-order valence-electron chi connectivity index (χ0n) is 37.9.